The van der Waals surface area contributed by atoms with Crippen molar-refractivity contribution in [1.29, 1.82) is 5.26 Å². The van der Waals surface area contributed by atoms with Crippen molar-refractivity contribution in [3.63, 3.8) is 0 Å². The summed E-state index contributed by atoms with van der Waals surface area (Å²) in [6.07, 6.45) is 0. The van der Waals surface area contributed by atoms with Gasteiger partial charge >= 0.3 is 0 Å². The summed E-state index contributed by atoms with van der Waals surface area (Å²) in [5, 5.41) is 18.6. The number of benzene rings is 1. The second-order valence-corrected chi connectivity index (χ2v) is 4.70. The molecule has 1 aromatic heterocycles. The number of phenols is 1. The molecule has 0 fully saturated rings. The first kappa shape index (κ1) is 12.4. The van der Waals surface area contributed by atoms with Gasteiger partial charge in [-0.15, -0.1) is 0 Å². The maximum absolute atomic E-state index is 11.7. The fourth-order valence-corrected chi connectivity index (χ4v) is 2.19. The van der Waals surface area contributed by atoms with Gasteiger partial charge in [-0.1, -0.05) is 15.9 Å². The number of H-pyrrole nitrogens is 1. The lowest BCUT2D eigenvalue weighted by molar-refractivity contribution is 0.475. The van der Waals surface area contributed by atoms with Gasteiger partial charge in [-0.05, 0) is 31.2 Å². The van der Waals surface area contributed by atoms with Crippen molar-refractivity contribution in [3.05, 3.63) is 50.3 Å². The van der Waals surface area contributed by atoms with Gasteiger partial charge in [0.2, 0.25) is 0 Å². The number of halogens is 1. The Hall–Kier alpha value is -2.06. The number of nitrogens with zero attached hydrogens (tertiary/aromatic N) is 1. The molecule has 0 amide bonds. The number of rotatable bonds is 1. The van der Waals surface area contributed by atoms with Crippen LogP contribution in [0.3, 0.4) is 0 Å². The van der Waals surface area contributed by atoms with E-state index in [0.717, 1.165) is 0 Å². The summed E-state index contributed by atoms with van der Waals surface area (Å²) in [5.74, 6) is 0.0787. The molecule has 90 valence electrons. The van der Waals surface area contributed by atoms with Crippen LogP contribution >= 0.6 is 15.9 Å². The van der Waals surface area contributed by atoms with Crippen LogP contribution in [0, 0.1) is 18.3 Å². The fourth-order valence-electron chi connectivity index (χ4n) is 1.73. The smallest absolute Gasteiger partial charge is 0.266 e. The molecule has 2 rings (SSSR count). The largest absolute Gasteiger partial charge is 0.508 e. The number of aryl methyl sites for hydroxylation is 1. The minimum atomic E-state index is -0.428. The predicted octanol–water partition coefficient (Wildman–Crippen LogP) is 2.69. The van der Waals surface area contributed by atoms with Crippen LogP contribution in [-0.2, 0) is 0 Å². The molecule has 0 aliphatic carbocycles. The zero-order valence-corrected chi connectivity index (χ0v) is 11.1. The van der Waals surface area contributed by atoms with E-state index in [9.17, 15) is 9.90 Å². The number of nitrogens with one attached hydrogen (secondary N) is 1. The number of hydrogen-bond acceptors (Lipinski definition) is 3. The average molecular weight is 305 g/mol. The summed E-state index contributed by atoms with van der Waals surface area (Å²) >= 11 is 3.35. The minimum Gasteiger partial charge on any atom is -0.508 e. The number of aromatic nitrogens is 1. The van der Waals surface area contributed by atoms with Crippen LogP contribution in [0.5, 0.6) is 5.75 Å². The highest BCUT2D eigenvalue weighted by Crippen LogP contribution is 2.32. The molecule has 0 radical (unpaired) electrons. The van der Waals surface area contributed by atoms with Gasteiger partial charge < -0.3 is 10.1 Å². The first-order valence-corrected chi connectivity index (χ1v) is 5.95. The lowest BCUT2D eigenvalue weighted by Gasteiger charge is -2.08. The van der Waals surface area contributed by atoms with Crippen LogP contribution in [0.15, 0.2) is 33.5 Å². The normalized spacial score (nSPS) is 10.1. The number of pyridine rings is 1. The molecule has 0 saturated heterocycles. The molecule has 0 aliphatic rings. The first-order chi connectivity index (χ1) is 8.52. The molecule has 4 nitrogen and oxygen atoms in total. The van der Waals surface area contributed by atoms with Gasteiger partial charge in [-0.3, -0.25) is 4.79 Å². The Kier molecular flexibility index (Phi) is 3.21. The second kappa shape index (κ2) is 4.67. The Labute approximate surface area is 112 Å². The standard InChI is InChI=1S/C13H9BrN2O2/c1-7-4-9(11(6-15)13(18)16-7)10-5-8(17)2-3-12(10)14/h2-5,17H,1H3,(H,16,18). The van der Waals surface area contributed by atoms with Gasteiger partial charge in [0.05, 0.1) is 0 Å². The van der Waals surface area contributed by atoms with Gasteiger partial charge in [-0.2, -0.15) is 5.26 Å². The van der Waals surface area contributed by atoms with Crippen LogP contribution in [0.2, 0.25) is 0 Å². The van der Waals surface area contributed by atoms with Crippen LogP contribution in [0.25, 0.3) is 11.1 Å². The van der Waals surface area contributed by atoms with Crippen molar-refractivity contribution in [1.82, 2.24) is 4.98 Å². The molecular weight excluding hydrogens is 296 g/mol. The van der Waals surface area contributed by atoms with Crippen LogP contribution in [0.4, 0.5) is 0 Å². The van der Waals surface area contributed by atoms with Crippen molar-refractivity contribution in [2.45, 2.75) is 6.92 Å². The monoisotopic (exact) mass is 304 g/mol. The van der Waals surface area contributed by atoms with Crippen LogP contribution < -0.4 is 5.56 Å². The highest BCUT2D eigenvalue weighted by Gasteiger charge is 2.13. The zero-order valence-electron chi connectivity index (χ0n) is 9.49. The van der Waals surface area contributed by atoms with Gasteiger partial charge in [0.1, 0.15) is 17.4 Å². The van der Waals surface area contributed by atoms with E-state index in [0.29, 0.717) is 21.3 Å². The maximum atomic E-state index is 11.7. The maximum Gasteiger partial charge on any atom is 0.266 e. The molecule has 0 aliphatic heterocycles. The molecule has 0 unspecified atom stereocenters. The first-order valence-electron chi connectivity index (χ1n) is 5.16. The van der Waals surface area contributed by atoms with Gasteiger partial charge in [-0.25, -0.2) is 0 Å². The van der Waals surface area contributed by atoms with Crippen LogP contribution in [-0.4, -0.2) is 10.1 Å². The van der Waals surface area contributed by atoms with E-state index in [4.69, 9.17) is 5.26 Å². The SMILES string of the molecule is Cc1cc(-c2cc(O)ccc2Br)c(C#N)c(=O)[nH]1. The van der Waals surface area contributed by atoms with E-state index >= 15 is 0 Å². The molecular formula is C13H9BrN2O2. The van der Waals surface area contributed by atoms with Crippen LogP contribution in [0.1, 0.15) is 11.3 Å². The zero-order chi connectivity index (χ0) is 13.3. The summed E-state index contributed by atoms with van der Waals surface area (Å²) in [7, 11) is 0. The van der Waals surface area contributed by atoms with Gasteiger partial charge in [0.25, 0.3) is 5.56 Å². The van der Waals surface area contributed by atoms with E-state index in [1.165, 1.54) is 12.1 Å². The van der Waals surface area contributed by atoms with E-state index in [-0.39, 0.29) is 11.3 Å². The van der Waals surface area contributed by atoms with Gasteiger partial charge in [0, 0.05) is 21.3 Å². The second-order valence-electron chi connectivity index (χ2n) is 3.85. The molecule has 18 heavy (non-hydrogen) atoms. The number of aromatic amines is 1. The molecule has 2 N–H and O–H groups in total. The summed E-state index contributed by atoms with van der Waals surface area (Å²) in [6, 6.07) is 8.31. The molecule has 0 bridgehead atoms. The van der Waals surface area contributed by atoms with Gasteiger partial charge in [0.15, 0.2) is 0 Å². The highest BCUT2D eigenvalue weighted by atomic mass is 79.9. The third-order valence-corrected chi connectivity index (χ3v) is 3.21. The van der Waals surface area contributed by atoms with E-state index < -0.39 is 5.56 Å². The van der Waals surface area contributed by atoms with E-state index in [1.807, 2.05) is 6.07 Å². The lowest BCUT2D eigenvalue weighted by Crippen LogP contribution is -2.12. The summed E-state index contributed by atoms with van der Waals surface area (Å²) in [4.78, 5) is 14.3. The van der Waals surface area contributed by atoms with Crippen molar-refractivity contribution < 1.29 is 5.11 Å². The topological polar surface area (TPSA) is 76.9 Å². The lowest BCUT2D eigenvalue weighted by atomic mass is 10.0. The highest BCUT2D eigenvalue weighted by molar-refractivity contribution is 9.10. The Balaban J connectivity index is 2.83. The number of aromatic hydroxyl groups is 1. The minimum absolute atomic E-state index is 0.0342. The summed E-state index contributed by atoms with van der Waals surface area (Å²) < 4.78 is 0.710. The Morgan fingerprint density at radius 3 is 2.72 bits per heavy atom. The Morgan fingerprint density at radius 2 is 2.06 bits per heavy atom. The number of nitriles is 1. The van der Waals surface area contributed by atoms with Crippen molar-refractivity contribution >= 4 is 15.9 Å². The molecule has 1 heterocycles. The van der Waals surface area contributed by atoms with E-state index in [1.54, 1.807) is 19.1 Å². The predicted molar refractivity (Wildman–Crippen MR) is 71.3 cm³/mol. The molecule has 1 aromatic carbocycles. The molecule has 0 atom stereocenters. The number of phenolic OH excluding ortho intramolecular Hbond substituents is 1. The quantitative estimate of drug-likeness (QED) is 0.850. The summed E-state index contributed by atoms with van der Waals surface area (Å²) in [5.41, 5.74) is 1.38. The average Bonchev–Trinajstić information content (AvgIpc) is 2.31. The van der Waals surface area contributed by atoms with E-state index in [2.05, 4.69) is 20.9 Å². The summed E-state index contributed by atoms with van der Waals surface area (Å²) in [6.45, 7) is 1.74. The number of hydrogen-bond donors (Lipinski definition) is 2. The third-order valence-electron chi connectivity index (χ3n) is 2.52. The molecule has 0 spiro atoms. The molecule has 0 saturated carbocycles. The Morgan fingerprint density at radius 1 is 1.33 bits per heavy atom. The molecule has 5 heteroatoms. The van der Waals surface area contributed by atoms with Crippen molar-refractivity contribution in [2.24, 2.45) is 0 Å². The third kappa shape index (κ3) is 2.15. The molecule has 2 aromatic rings. The Bertz CT molecular complexity index is 714. The van der Waals surface area contributed by atoms with Crippen molar-refractivity contribution in [3.8, 4) is 22.9 Å². The fraction of sp³-hybridized carbons (Fsp3) is 0.0769. The van der Waals surface area contributed by atoms with Crippen molar-refractivity contribution in [2.75, 3.05) is 0 Å².